The number of benzene rings is 1. The molecule has 0 saturated carbocycles. The average Bonchev–Trinajstić information content (AvgIpc) is 2.39. The molecule has 0 aliphatic heterocycles. The normalized spacial score (nSPS) is 9.89. The fourth-order valence-electron chi connectivity index (χ4n) is 1.34. The Bertz CT molecular complexity index is 558. The monoisotopic (exact) mass is 263 g/mol. The van der Waals surface area contributed by atoms with E-state index in [0.29, 0.717) is 16.6 Å². The summed E-state index contributed by atoms with van der Waals surface area (Å²) in [5.74, 6) is 0.457. The highest BCUT2D eigenvalue weighted by Gasteiger charge is 2.03. The maximum Gasteiger partial charge on any atom is 0.412 e. The molecule has 0 radical (unpaired) electrons. The number of nitrogens with zero attached hydrogens (tertiary/aromatic N) is 2. The Morgan fingerprint density at radius 2 is 2.00 bits per heavy atom. The summed E-state index contributed by atoms with van der Waals surface area (Å²) in [4.78, 5) is 18.9. The molecule has 92 valence electrons. The number of nitrogens with one attached hydrogen (secondary N) is 1. The highest BCUT2D eigenvalue weighted by Crippen LogP contribution is 2.21. The number of carbonyl (C=O) groups is 1. The Morgan fingerprint density at radius 3 is 2.61 bits per heavy atom. The van der Waals surface area contributed by atoms with E-state index in [1.807, 2.05) is 0 Å². The number of amides is 1. The third kappa shape index (κ3) is 2.95. The van der Waals surface area contributed by atoms with Crippen molar-refractivity contribution in [3.05, 3.63) is 41.8 Å². The second kappa shape index (κ2) is 5.46. The van der Waals surface area contributed by atoms with Crippen molar-refractivity contribution in [3.63, 3.8) is 0 Å². The van der Waals surface area contributed by atoms with Crippen molar-refractivity contribution < 1.29 is 9.53 Å². The Labute approximate surface area is 109 Å². The van der Waals surface area contributed by atoms with Gasteiger partial charge in [0.25, 0.3) is 0 Å². The summed E-state index contributed by atoms with van der Waals surface area (Å²) < 4.78 is 4.97. The van der Waals surface area contributed by atoms with E-state index >= 15 is 0 Å². The summed E-state index contributed by atoms with van der Waals surface area (Å²) in [5.41, 5.74) is 1.57. The Hall–Kier alpha value is -2.14. The SMILES string of the molecule is CNC(=O)Oc1ccc(-c2cc(Cl)ncn2)cc1. The van der Waals surface area contributed by atoms with Crippen LogP contribution in [0.25, 0.3) is 11.3 Å². The van der Waals surface area contributed by atoms with Crippen molar-refractivity contribution in [3.8, 4) is 17.0 Å². The van der Waals surface area contributed by atoms with Gasteiger partial charge in [0.1, 0.15) is 17.2 Å². The standard InChI is InChI=1S/C12H10ClN3O2/c1-14-12(17)18-9-4-2-8(3-5-9)10-6-11(13)16-7-15-10/h2-7H,1H3,(H,14,17). The van der Waals surface area contributed by atoms with Gasteiger partial charge in [0, 0.05) is 18.7 Å². The van der Waals surface area contributed by atoms with E-state index < -0.39 is 6.09 Å². The first-order chi connectivity index (χ1) is 8.69. The molecule has 2 rings (SSSR count). The number of hydrogen-bond donors (Lipinski definition) is 1. The quantitative estimate of drug-likeness (QED) is 0.846. The van der Waals surface area contributed by atoms with Gasteiger partial charge in [-0.05, 0) is 24.3 Å². The molecule has 1 heterocycles. The maximum atomic E-state index is 11.0. The fraction of sp³-hybridized carbons (Fsp3) is 0.0833. The van der Waals surface area contributed by atoms with Crippen LogP contribution >= 0.6 is 11.6 Å². The molecule has 1 N–H and O–H groups in total. The minimum Gasteiger partial charge on any atom is -0.410 e. The number of hydrogen-bond acceptors (Lipinski definition) is 4. The Morgan fingerprint density at radius 1 is 1.28 bits per heavy atom. The van der Waals surface area contributed by atoms with Crippen LogP contribution in [0.15, 0.2) is 36.7 Å². The first-order valence-corrected chi connectivity index (χ1v) is 5.54. The van der Waals surface area contributed by atoms with Gasteiger partial charge in [-0.1, -0.05) is 11.6 Å². The first kappa shape index (κ1) is 12.3. The molecule has 0 aliphatic rings. The summed E-state index contributed by atoms with van der Waals surface area (Å²) in [6, 6.07) is 8.60. The molecule has 0 atom stereocenters. The summed E-state index contributed by atoms with van der Waals surface area (Å²) in [5, 5.41) is 2.75. The number of carbonyl (C=O) groups excluding carboxylic acids is 1. The number of rotatable bonds is 2. The molecule has 6 heteroatoms. The molecule has 0 aliphatic carbocycles. The van der Waals surface area contributed by atoms with Crippen LogP contribution in [-0.2, 0) is 0 Å². The van der Waals surface area contributed by atoms with Crippen molar-refractivity contribution in [2.24, 2.45) is 0 Å². The van der Waals surface area contributed by atoms with Crippen LogP contribution in [0.5, 0.6) is 5.75 Å². The zero-order chi connectivity index (χ0) is 13.0. The van der Waals surface area contributed by atoms with E-state index in [1.165, 1.54) is 13.4 Å². The molecule has 0 unspecified atom stereocenters. The minimum absolute atomic E-state index is 0.380. The van der Waals surface area contributed by atoms with Crippen molar-refractivity contribution in [2.45, 2.75) is 0 Å². The average molecular weight is 264 g/mol. The number of halogens is 1. The van der Waals surface area contributed by atoms with Gasteiger partial charge in [-0.25, -0.2) is 14.8 Å². The molecular weight excluding hydrogens is 254 g/mol. The van der Waals surface area contributed by atoms with Gasteiger partial charge in [0.05, 0.1) is 5.69 Å². The third-order valence-corrected chi connectivity index (χ3v) is 2.41. The van der Waals surface area contributed by atoms with Gasteiger partial charge >= 0.3 is 6.09 Å². The molecule has 0 spiro atoms. The maximum absolute atomic E-state index is 11.0. The highest BCUT2D eigenvalue weighted by atomic mass is 35.5. The number of aromatic nitrogens is 2. The second-order valence-electron chi connectivity index (χ2n) is 3.39. The lowest BCUT2D eigenvalue weighted by Crippen LogP contribution is -2.21. The predicted molar refractivity (Wildman–Crippen MR) is 67.6 cm³/mol. The summed E-state index contributed by atoms with van der Waals surface area (Å²) in [7, 11) is 1.50. The lowest BCUT2D eigenvalue weighted by molar-refractivity contribution is 0.203. The zero-order valence-corrected chi connectivity index (χ0v) is 10.3. The van der Waals surface area contributed by atoms with Crippen LogP contribution in [0.2, 0.25) is 5.15 Å². The Balaban J connectivity index is 2.19. The van der Waals surface area contributed by atoms with Crippen LogP contribution in [0.3, 0.4) is 0 Å². The van der Waals surface area contributed by atoms with Crippen molar-refractivity contribution >= 4 is 17.7 Å². The van der Waals surface area contributed by atoms with Crippen LogP contribution in [-0.4, -0.2) is 23.1 Å². The topological polar surface area (TPSA) is 64.1 Å². The molecule has 0 bridgehead atoms. The van der Waals surface area contributed by atoms with Crippen LogP contribution in [0.4, 0.5) is 4.79 Å². The van der Waals surface area contributed by atoms with Gasteiger partial charge in [0.2, 0.25) is 0 Å². The van der Waals surface area contributed by atoms with Gasteiger partial charge < -0.3 is 10.1 Å². The Kier molecular flexibility index (Phi) is 3.74. The van der Waals surface area contributed by atoms with Gasteiger partial charge in [-0.2, -0.15) is 0 Å². The van der Waals surface area contributed by atoms with E-state index in [2.05, 4.69) is 15.3 Å². The van der Waals surface area contributed by atoms with Crippen molar-refractivity contribution in [1.29, 1.82) is 0 Å². The van der Waals surface area contributed by atoms with Crippen LogP contribution in [0.1, 0.15) is 0 Å². The zero-order valence-electron chi connectivity index (χ0n) is 9.55. The smallest absolute Gasteiger partial charge is 0.410 e. The predicted octanol–water partition coefficient (Wildman–Crippen LogP) is 2.52. The van der Waals surface area contributed by atoms with Gasteiger partial charge in [0.15, 0.2) is 0 Å². The fourth-order valence-corrected chi connectivity index (χ4v) is 1.49. The first-order valence-electron chi connectivity index (χ1n) is 5.16. The van der Waals surface area contributed by atoms with Crippen molar-refractivity contribution in [1.82, 2.24) is 15.3 Å². The molecule has 18 heavy (non-hydrogen) atoms. The molecular formula is C12H10ClN3O2. The lowest BCUT2D eigenvalue weighted by atomic mass is 10.1. The minimum atomic E-state index is -0.507. The molecule has 2 aromatic rings. The molecule has 1 amide bonds. The second-order valence-corrected chi connectivity index (χ2v) is 3.78. The van der Waals surface area contributed by atoms with Crippen LogP contribution in [0, 0.1) is 0 Å². The number of ether oxygens (including phenoxy) is 1. The van der Waals surface area contributed by atoms with E-state index in [0.717, 1.165) is 5.56 Å². The van der Waals surface area contributed by atoms with Gasteiger partial charge in [-0.15, -0.1) is 0 Å². The largest absolute Gasteiger partial charge is 0.412 e. The molecule has 0 saturated heterocycles. The van der Waals surface area contributed by atoms with Crippen LogP contribution < -0.4 is 10.1 Å². The highest BCUT2D eigenvalue weighted by molar-refractivity contribution is 6.29. The summed E-state index contributed by atoms with van der Waals surface area (Å²) in [6.07, 6.45) is 0.889. The summed E-state index contributed by atoms with van der Waals surface area (Å²) >= 11 is 5.78. The van der Waals surface area contributed by atoms with E-state index in [9.17, 15) is 4.79 Å². The van der Waals surface area contributed by atoms with Gasteiger partial charge in [-0.3, -0.25) is 0 Å². The van der Waals surface area contributed by atoms with E-state index in [1.54, 1.807) is 30.3 Å². The molecule has 1 aromatic heterocycles. The lowest BCUT2D eigenvalue weighted by Gasteiger charge is -2.04. The van der Waals surface area contributed by atoms with E-state index in [4.69, 9.17) is 16.3 Å². The van der Waals surface area contributed by atoms with Crippen molar-refractivity contribution in [2.75, 3.05) is 7.05 Å². The molecule has 1 aromatic carbocycles. The molecule has 5 nitrogen and oxygen atoms in total. The third-order valence-electron chi connectivity index (χ3n) is 2.20. The molecule has 0 fully saturated rings. The summed E-state index contributed by atoms with van der Waals surface area (Å²) in [6.45, 7) is 0. The van der Waals surface area contributed by atoms with E-state index in [-0.39, 0.29) is 0 Å².